The summed E-state index contributed by atoms with van der Waals surface area (Å²) in [5.74, 6) is 0.693. The van der Waals surface area contributed by atoms with Crippen LogP contribution in [0.2, 0.25) is 0 Å². The molecule has 0 unspecified atom stereocenters. The Hall–Kier alpha value is -2.21. The number of aromatic nitrogens is 1. The Morgan fingerprint density at radius 3 is 2.55 bits per heavy atom. The SMILES string of the molecule is CCOc1ccccc1Cc1cccn([O-])c1=S(=O)=O. The third-order valence-electron chi connectivity index (χ3n) is 2.80. The summed E-state index contributed by atoms with van der Waals surface area (Å²) < 4.78 is 28.0. The molecule has 0 saturated heterocycles. The summed E-state index contributed by atoms with van der Waals surface area (Å²) in [5, 5.41) is 11.6. The summed E-state index contributed by atoms with van der Waals surface area (Å²) in [6, 6.07) is 10.5. The lowest BCUT2D eigenvalue weighted by molar-refractivity contribution is 0.337. The zero-order valence-corrected chi connectivity index (χ0v) is 11.8. The number of pyridine rings is 1. The second-order valence-corrected chi connectivity index (χ2v) is 4.97. The molecule has 106 valence electrons. The standard InChI is InChI=1S/C14H14NO4S/c1-2-19-13-8-4-3-6-11(13)10-12-7-5-9-15(16)14(12)20(17)18/h3-9H,2,10H2,1H3/q-1. The summed E-state index contributed by atoms with van der Waals surface area (Å²) >= 11 is 0. The van der Waals surface area contributed by atoms with E-state index >= 15 is 0 Å². The van der Waals surface area contributed by atoms with Gasteiger partial charge in [0.2, 0.25) is 10.3 Å². The Kier molecular flexibility index (Phi) is 4.47. The Bertz CT molecular complexity index is 770. The molecule has 0 atom stereocenters. The van der Waals surface area contributed by atoms with Crippen LogP contribution in [-0.4, -0.2) is 19.8 Å². The molecular formula is C14H14NO4S-. The molecule has 0 aliphatic heterocycles. The van der Waals surface area contributed by atoms with Gasteiger partial charge in [-0.05, 0) is 36.4 Å². The molecular weight excluding hydrogens is 278 g/mol. The van der Waals surface area contributed by atoms with Crippen LogP contribution in [0.3, 0.4) is 0 Å². The van der Waals surface area contributed by atoms with Gasteiger partial charge in [0, 0.05) is 6.42 Å². The van der Waals surface area contributed by atoms with Gasteiger partial charge < -0.3 is 14.7 Å². The average molecular weight is 292 g/mol. The van der Waals surface area contributed by atoms with Crippen molar-refractivity contribution in [3.8, 4) is 5.75 Å². The van der Waals surface area contributed by atoms with Crippen molar-refractivity contribution in [3.63, 3.8) is 0 Å². The van der Waals surface area contributed by atoms with Gasteiger partial charge in [0.15, 0.2) is 4.64 Å². The Morgan fingerprint density at radius 2 is 1.85 bits per heavy atom. The second kappa shape index (κ2) is 6.29. The van der Waals surface area contributed by atoms with E-state index in [2.05, 4.69) is 0 Å². The molecule has 2 aromatic rings. The minimum absolute atomic E-state index is 0.251. The van der Waals surface area contributed by atoms with Crippen molar-refractivity contribution in [2.75, 3.05) is 6.61 Å². The first-order chi connectivity index (χ1) is 9.63. The molecule has 0 spiro atoms. The highest BCUT2D eigenvalue weighted by Gasteiger charge is 2.06. The van der Waals surface area contributed by atoms with Gasteiger partial charge in [0.25, 0.3) is 0 Å². The number of nitrogens with zero attached hydrogens (tertiary/aromatic N) is 1. The van der Waals surface area contributed by atoms with Crippen LogP contribution in [0.4, 0.5) is 0 Å². The van der Waals surface area contributed by atoms with Crippen molar-refractivity contribution < 1.29 is 13.2 Å². The maximum Gasteiger partial charge on any atom is 0.238 e. The third kappa shape index (κ3) is 3.03. The highest BCUT2D eigenvalue weighted by atomic mass is 32.2. The minimum atomic E-state index is -2.58. The Balaban J connectivity index is 2.52. The van der Waals surface area contributed by atoms with Crippen molar-refractivity contribution >= 4 is 10.3 Å². The largest absolute Gasteiger partial charge is 0.805 e. The lowest BCUT2D eigenvalue weighted by atomic mass is 10.1. The van der Waals surface area contributed by atoms with Crippen molar-refractivity contribution in [2.45, 2.75) is 13.3 Å². The van der Waals surface area contributed by atoms with Crippen LogP contribution in [0, 0.1) is 9.85 Å². The monoisotopic (exact) mass is 292 g/mol. The summed E-state index contributed by atoms with van der Waals surface area (Å²) in [7, 11) is -2.58. The number of hydrogen-bond acceptors (Lipinski definition) is 4. The molecule has 0 fully saturated rings. The second-order valence-electron chi connectivity index (χ2n) is 4.12. The zero-order chi connectivity index (χ0) is 14.5. The topological polar surface area (TPSA) is 71.4 Å². The quantitative estimate of drug-likeness (QED) is 0.810. The molecule has 0 N–H and O–H groups in total. The molecule has 0 amide bonds. The predicted molar refractivity (Wildman–Crippen MR) is 75.8 cm³/mol. The molecule has 1 aromatic carbocycles. The predicted octanol–water partition coefficient (Wildman–Crippen LogP) is 2.23. The molecule has 5 nitrogen and oxygen atoms in total. The van der Waals surface area contributed by atoms with Crippen LogP contribution in [0.25, 0.3) is 0 Å². The molecule has 1 aromatic heterocycles. The zero-order valence-electron chi connectivity index (χ0n) is 10.9. The number of rotatable bonds is 4. The minimum Gasteiger partial charge on any atom is -0.805 e. The fourth-order valence-corrected chi connectivity index (χ4v) is 2.55. The normalized spacial score (nSPS) is 10.2. The van der Waals surface area contributed by atoms with E-state index in [0.717, 1.165) is 5.56 Å². The maximum atomic E-state index is 11.6. The van der Waals surface area contributed by atoms with Gasteiger partial charge in [-0.1, -0.05) is 24.3 Å². The molecule has 20 heavy (non-hydrogen) atoms. The Morgan fingerprint density at radius 1 is 1.15 bits per heavy atom. The lowest BCUT2D eigenvalue weighted by Crippen LogP contribution is -2.01. The number of para-hydroxylation sites is 1. The first kappa shape index (κ1) is 14.2. The van der Waals surface area contributed by atoms with E-state index < -0.39 is 10.3 Å². The average Bonchev–Trinajstić information content (AvgIpc) is 2.41. The molecule has 1 heterocycles. The highest BCUT2D eigenvalue weighted by molar-refractivity contribution is 7.63. The van der Waals surface area contributed by atoms with E-state index in [1.807, 2.05) is 31.2 Å². The van der Waals surface area contributed by atoms with Gasteiger partial charge in [-0.25, -0.2) is 0 Å². The fraction of sp³-hybridized carbons (Fsp3) is 0.214. The summed E-state index contributed by atoms with van der Waals surface area (Å²) in [5.41, 5.74) is 1.29. The Labute approximate surface area is 118 Å². The van der Waals surface area contributed by atoms with Crippen LogP contribution in [-0.2, 0) is 16.7 Å². The van der Waals surface area contributed by atoms with E-state index in [1.165, 1.54) is 12.3 Å². The van der Waals surface area contributed by atoms with E-state index in [0.29, 0.717) is 29.1 Å². The van der Waals surface area contributed by atoms with E-state index in [1.54, 1.807) is 6.07 Å². The van der Waals surface area contributed by atoms with Crippen LogP contribution < -0.4 is 4.74 Å². The van der Waals surface area contributed by atoms with Crippen molar-refractivity contribution in [3.05, 3.63) is 63.6 Å². The summed E-state index contributed by atoms with van der Waals surface area (Å²) in [6.45, 7) is 2.40. The number of hydrogen-bond donors (Lipinski definition) is 0. The molecule has 0 aliphatic carbocycles. The van der Waals surface area contributed by atoms with E-state index in [9.17, 15) is 13.6 Å². The van der Waals surface area contributed by atoms with Crippen LogP contribution in [0.15, 0.2) is 42.6 Å². The summed E-state index contributed by atoms with van der Waals surface area (Å²) in [6.07, 6.45) is 1.49. The van der Waals surface area contributed by atoms with Crippen LogP contribution in [0.1, 0.15) is 18.1 Å². The molecule has 2 rings (SSSR count). The van der Waals surface area contributed by atoms with Gasteiger partial charge in [-0.3, -0.25) is 0 Å². The van der Waals surface area contributed by atoms with Gasteiger partial charge in [-0.15, -0.1) is 0 Å². The fourth-order valence-electron chi connectivity index (χ4n) is 1.98. The van der Waals surface area contributed by atoms with Crippen LogP contribution >= 0.6 is 0 Å². The van der Waals surface area contributed by atoms with E-state index in [-0.39, 0.29) is 4.64 Å². The van der Waals surface area contributed by atoms with Gasteiger partial charge >= 0.3 is 0 Å². The molecule has 6 heteroatoms. The van der Waals surface area contributed by atoms with Gasteiger partial charge in [0.05, 0.1) is 6.61 Å². The van der Waals surface area contributed by atoms with Gasteiger partial charge in [-0.2, -0.15) is 8.42 Å². The van der Waals surface area contributed by atoms with Gasteiger partial charge in [0.1, 0.15) is 5.75 Å². The van der Waals surface area contributed by atoms with E-state index in [4.69, 9.17) is 4.74 Å². The first-order valence-electron chi connectivity index (χ1n) is 6.14. The molecule has 0 bridgehead atoms. The lowest BCUT2D eigenvalue weighted by Gasteiger charge is -2.14. The molecule has 0 radical (unpaired) electrons. The molecule has 0 aliphatic rings. The van der Waals surface area contributed by atoms with Crippen molar-refractivity contribution in [2.24, 2.45) is 0 Å². The van der Waals surface area contributed by atoms with Crippen molar-refractivity contribution in [1.29, 1.82) is 0 Å². The third-order valence-corrected chi connectivity index (χ3v) is 3.56. The smallest absolute Gasteiger partial charge is 0.238 e. The number of benzene rings is 1. The highest BCUT2D eigenvalue weighted by Crippen LogP contribution is 2.21. The number of ether oxygens (including phenoxy) is 1. The first-order valence-corrected chi connectivity index (χ1v) is 7.22. The van der Waals surface area contributed by atoms with Crippen molar-refractivity contribution in [1.82, 2.24) is 4.73 Å². The van der Waals surface area contributed by atoms with Crippen LogP contribution in [0.5, 0.6) is 5.75 Å². The maximum absolute atomic E-state index is 11.6. The summed E-state index contributed by atoms with van der Waals surface area (Å²) in [4.78, 5) is 0. The molecule has 0 saturated carbocycles.